The summed E-state index contributed by atoms with van der Waals surface area (Å²) in [7, 11) is 0. The van der Waals surface area contributed by atoms with Crippen LogP contribution in [-0.4, -0.2) is 4.98 Å². The van der Waals surface area contributed by atoms with Gasteiger partial charge < -0.3 is 5.73 Å². The highest BCUT2D eigenvalue weighted by atomic mass is 32.1. The Hall–Kier alpha value is -1.09. The van der Waals surface area contributed by atoms with Gasteiger partial charge in [0.05, 0.1) is 0 Å². The Bertz CT molecular complexity index is 431. The average Bonchev–Trinajstić information content (AvgIpc) is 2.31. The van der Waals surface area contributed by atoms with Gasteiger partial charge in [-0.15, -0.1) is 11.3 Å². The zero-order valence-corrected chi connectivity index (χ0v) is 7.90. The summed E-state index contributed by atoms with van der Waals surface area (Å²) in [6.45, 7) is 4.02. The fraction of sp³-hybridized carbons (Fsp3) is 0.222. The predicted molar refractivity (Wildman–Crippen MR) is 53.5 cm³/mol. The van der Waals surface area contributed by atoms with Crippen LogP contribution in [0.25, 0.3) is 10.2 Å². The molecule has 0 aliphatic rings. The summed E-state index contributed by atoms with van der Waals surface area (Å²) in [4.78, 5) is 5.44. The van der Waals surface area contributed by atoms with Crippen molar-refractivity contribution in [3.05, 3.63) is 22.7 Å². The maximum Gasteiger partial charge on any atom is 0.125 e. The minimum atomic E-state index is 0.844. The van der Waals surface area contributed by atoms with Crippen LogP contribution in [0.3, 0.4) is 0 Å². The lowest BCUT2D eigenvalue weighted by Crippen LogP contribution is -1.89. The molecule has 3 heteroatoms. The zero-order valence-electron chi connectivity index (χ0n) is 7.09. The topological polar surface area (TPSA) is 38.9 Å². The van der Waals surface area contributed by atoms with E-state index in [2.05, 4.69) is 17.3 Å². The van der Waals surface area contributed by atoms with Gasteiger partial charge in [-0.1, -0.05) is 0 Å². The van der Waals surface area contributed by atoms with E-state index in [1.165, 1.54) is 5.56 Å². The highest BCUT2D eigenvalue weighted by Gasteiger charge is 2.05. The smallest absolute Gasteiger partial charge is 0.125 e. The normalized spacial score (nSPS) is 10.8. The lowest BCUT2D eigenvalue weighted by molar-refractivity contribution is 1.27. The van der Waals surface area contributed by atoms with E-state index in [1.807, 2.05) is 13.0 Å². The average molecular weight is 178 g/mol. The van der Waals surface area contributed by atoms with Crippen molar-refractivity contribution in [1.82, 2.24) is 4.98 Å². The molecule has 12 heavy (non-hydrogen) atoms. The number of aryl methyl sites for hydroxylation is 2. The van der Waals surface area contributed by atoms with Gasteiger partial charge in [0.25, 0.3) is 0 Å². The number of rotatable bonds is 0. The number of pyridine rings is 1. The SMILES string of the molecule is Cc1cc(N)c2c(C)csc2n1. The van der Waals surface area contributed by atoms with E-state index in [1.54, 1.807) is 11.3 Å². The van der Waals surface area contributed by atoms with E-state index < -0.39 is 0 Å². The highest BCUT2D eigenvalue weighted by Crippen LogP contribution is 2.28. The van der Waals surface area contributed by atoms with Crippen LogP contribution < -0.4 is 5.73 Å². The minimum Gasteiger partial charge on any atom is -0.398 e. The van der Waals surface area contributed by atoms with Crippen molar-refractivity contribution in [3.63, 3.8) is 0 Å². The zero-order chi connectivity index (χ0) is 8.72. The van der Waals surface area contributed by atoms with Crippen molar-refractivity contribution in [2.24, 2.45) is 0 Å². The third-order valence-corrected chi connectivity index (χ3v) is 2.88. The molecule has 0 spiro atoms. The highest BCUT2D eigenvalue weighted by molar-refractivity contribution is 7.17. The second kappa shape index (κ2) is 2.45. The van der Waals surface area contributed by atoms with Gasteiger partial charge in [0.1, 0.15) is 4.83 Å². The number of hydrogen-bond donors (Lipinski definition) is 1. The summed E-state index contributed by atoms with van der Waals surface area (Å²) in [5.41, 5.74) is 8.92. The number of hydrogen-bond acceptors (Lipinski definition) is 3. The fourth-order valence-electron chi connectivity index (χ4n) is 1.35. The summed E-state index contributed by atoms with van der Waals surface area (Å²) < 4.78 is 0. The summed E-state index contributed by atoms with van der Waals surface area (Å²) >= 11 is 1.65. The van der Waals surface area contributed by atoms with Crippen LogP contribution in [0.2, 0.25) is 0 Å². The molecule has 0 aromatic carbocycles. The molecule has 0 atom stereocenters. The van der Waals surface area contributed by atoms with Gasteiger partial charge in [0.2, 0.25) is 0 Å². The van der Waals surface area contributed by atoms with E-state index >= 15 is 0 Å². The summed E-state index contributed by atoms with van der Waals surface area (Å²) in [6, 6.07) is 1.92. The maximum atomic E-state index is 5.87. The number of nitrogens with zero attached hydrogens (tertiary/aromatic N) is 1. The first-order valence-electron chi connectivity index (χ1n) is 3.79. The quantitative estimate of drug-likeness (QED) is 0.673. The number of aromatic nitrogens is 1. The molecule has 0 unspecified atom stereocenters. The Kier molecular flexibility index (Phi) is 1.54. The van der Waals surface area contributed by atoms with Crippen molar-refractivity contribution in [3.8, 4) is 0 Å². The van der Waals surface area contributed by atoms with Crippen LogP contribution in [0.1, 0.15) is 11.3 Å². The molecule has 2 aromatic heterocycles. The van der Waals surface area contributed by atoms with Crippen molar-refractivity contribution in [2.45, 2.75) is 13.8 Å². The maximum absolute atomic E-state index is 5.87. The van der Waals surface area contributed by atoms with E-state index in [0.29, 0.717) is 0 Å². The molecule has 0 fully saturated rings. The lowest BCUT2D eigenvalue weighted by atomic mass is 10.2. The minimum absolute atomic E-state index is 0.844. The van der Waals surface area contributed by atoms with Gasteiger partial charge in [0.15, 0.2) is 0 Å². The molecule has 0 aliphatic heterocycles. The molecular formula is C9H10N2S. The van der Waals surface area contributed by atoms with Gasteiger partial charge in [0, 0.05) is 16.8 Å². The monoisotopic (exact) mass is 178 g/mol. The number of thiophene rings is 1. The van der Waals surface area contributed by atoms with Crippen LogP contribution in [0.4, 0.5) is 5.69 Å². The summed E-state index contributed by atoms with van der Waals surface area (Å²) in [5.74, 6) is 0. The first-order chi connectivity index (χ1) is 5.68. The van der Waals surface area contributed by atoms with Crippen LogP contribution in [0.15, 0.2) is 11.4 Å². The number of fused-ring (bicyclic) bond motifs is 1. The third-order valence-electron chi connectivity index (χ3n) is 1.89. The third kappa shape index (κ3) is 0.975. The van der Waals surface area contributed by atoms with Gasteiger partial charge in [-0.3, -0.25) is 0 Å². The van der Waals surface area contributed by atoms with E-state index in [9.17, 15) is 0 Å². The molecule has 2 rings (SSSR count). The first-order valence-corrected chi connectivity index (χ1v) is 4.67. The summed E-state index contributed by atoms with van der Waals surface area (Å²) in [6.07, 6.45) is 0. The molecule has 0 radical (unpaired) electrons. The molecule has 0 saturated heterocycles. The molecule has 2 aromatic rings. The van der Waals surface area contributed by atoms with Crippen molar-refractivity contribution >= 4 is 27.2 Å². The fourth-order valence-corrected chi connectivity index (χ4v) is 2.35. The van der Waals surface area contributed by atoms with Gasteiger partial charge in [-0.05, 0) is 30.9 Å². The Morgan fingerprint density at radius 3 is 2.92 bits per heavy atom. The van der Waals surface area contributed by atoms with Crippen molar-refractivity contribution < 1.29 is 0 Å². The Balaban J connectivity index is 2.93. The molecule has 0 amide bonds. The van der Waals surface area contributed by atoms with Crippen LogP contribution in [0, 0.1) is 13.8 Å². The van der Waals surface area contributed by atoms with Gasteiger partial charge >= 0.3 is 0 Å². The molecule has 0 bridgehead atoms. The van der Waals surface area contributed by atoms with E-state index in [-0.39, 0.29) is 0 Å². The van der Waals surface area contributed by atoms with Crippen LogP contribution >= 0.6 is 11.3 Å². The van der Waals surface area contributed by atoms with Crippen molar-refractivity contribution in [1.29, 1.82) is 0 Å². The molecule has 62 valence electrons. The van der Waals surface area contributed by atoms with Crippen LogP contribution in [0.5, 0.6) is 0 Å². The molecule has 0 aliphatic carbocycles. The van der Waals surface area contributed by atoms with E-state index in [0.717, 1.165) is 21.6 Å². The second-order valence-electron chi connectivity index (χ2n) is 2.95. The molecular weight excluding hydrogens is 168 g/mol. The molecule has 2 nitrogen and oxygen atoms in total. The van der Waals surface area contributed by atoms with Gasteiger partial charge in [-0.25, -0.2) is 4.98 Å². The Morgan fingerprint density at radius 2 is 2.17 bits per heavy atom. The molecule has 2 heterocycles. The summed E-state index contributed by atoms with van der Waals surface area (Å²) in [5, 5.41) is 3.21. The van der Waals surface area contributed by atoms with Crippen LogP contribution in [-0.2, 0) is 0 Å². The standard InChI is InChI=1S/C9H10N2S/c1-5-4-12-9-8(5)7(10)3-6(2)11-9/h3-4H,1-2H3,(H2,10,11). The number of nitrogen functional groups attached to an aromatic ring is 1. The predicted octanol–water partition coefficient (Wildman–Crippen LogP) is 2.50. The Morgan fingerprint density at radius 1 is 1.42 bits per heavy atom. The number of nitrogens with two attached hydrogens (primary N) is 1. The Labute approximate surface area is 75.0 Å². The molecule has 0 saturated carbocycles. The van der Waals surface area contributed by atoms with E-state index in [4.69, 9.17) is 5.73 Å². The second-order valence-corrected chi connectivity index (χ2v) is 3.81. The molecule has 2 N–H and O–H groups in total. The largest absolute Gasteiger partial charge is 0.398 e. The first kappa shape index (κ1) is 7.55. The van der Waals surface area contributed by atoms with Gasteiger partial charge in [-0.2, -0.15) is 0 Å². The number of anilines is 1. The van der Waals surface area contributed by atoms with Crippen molar-refractivity contribution in [2.75, 3.05) is 5.73 Å². The lowest BCUT2D eigenvalue weighted by Gasteiger charge is -1.98.